The maximum Gasteiger partial charge on any atom is 0.320 e. The number of carbonyl (C=O) groups excluding carboxylic acids is 1. The SMILES string of the molecule is CCCCC(NC(C)CC(=O)Nc1ccc(C)cc1C)C(=O)O. The van der Waals surface area contributed by atoms with Crippen molar-refractivity contribution in [2.75, 3.05) is 5.32 Å². The Morgan fingerprint density at radius 1 is 1.26 bits per heavy atom. The summed E-state index contributed by atoms with van der Waals surface area (Å²) in [4.78, 5) is 23.4. The van der Waals surface area contributed by atoms with Crippen molar-refractivity contribution in [3.05, 3.63) is 29.3 Å². The summed E-state index contributed by atoms with van der Waals surface area (Å²) in [6, 6.07) is 5.07. The lowest BCUT2D eigenvalue weighted by Gasteiger charge is -2.20. The van der Waals surface area contributed by atoms with Crippen LogP contribution in [-0.2, 0) is 9.59 Å². The predicted molar refractivity (Wildman–Crippen MR) is 92.7 cm³/mol. The number of carboxylic acid groups (broad SMARTS) is 1. The van der Waals surface area contributed by atoms with Gasteiger partial charge in [-0.15, -0.1) is 0 Å². The number of benzene rings is 1. The van der Waals surface area contributed by atoms with E-state index in [0.717, 1.165) is 29.7 Å². The average Bonchev–Trinajstić information content (AvgIpc) is 2.46. The maximum absolute atomic E-state index is 12.1. The van der Waals surface area contributed by atoms with Crippen LogP contribution in [-0.4, -0.2) is 29.1 Å². The van der Waals surface area contributed by atoms with Gasteiger partial charge in [-0.2, -0.15) is 0 Å². The number of rotatable bonds is 9. The van der Waals surface area contributed by atoms with E-state index in [1.54, 1.807) is 0 Å². The van der Waals surface area contributed by atoms with Crippen LogP contribution < -0.4 is 10.6 Å². The summed E-state index contributed by atoms with van der Waals surface area (Å²) in [5.41, 5.74) is 2.97. The van der Waals surface area contributed by atoms with Gasteiger partial charge < -0.3 is 15.7 Å². The van der Waals surface area contributed by atoms with Gasteiger partial charge in [-0.25, -0.2) is 0 Å². The Morgan fingerprint density at radius 2 is 1.96 bits per heavy atom. The lowest BCUT2D eigenvalue weighted by Crippen LogP contribution is -2.43. The van der Waals surface area contributed by atoms with Gasteiger partial charge in [-0.1, -0.05) is 37.5 Å². The minimum Gasteiger partial charge on any atom is -0.480 e. The molecule has 5 heteroatoms. The zero-order chi connectivity index (χ0) is 17.4. The first-order valence-electron chi connectivity index (χ1n) is 8.19. The first-order valence-corrected chi connectivity index (χ1v) is 8.19. The van der Waals surface area contributed by atoms with Crippen molar-refractivity contribution in [1.29, 1.82) is 0 Å². The summed E-state index contributed by atoms with van der Waals surface area (Å²) in [5.74, 6) is -0.975. The number of aliphatic carboxylic acids is 1. The monoisotopic (exact) mass is 320 g/mol. The first kappa shape index (κ1) is 19.2. The number of anilines is 1. The Kier molecular flexibility index (Phi) is 7.75. The Hall–Kier alpha value is -1.88. The van der Waals surface area contributed by atoms with Crippen LogP contribution in [0.4, 0.5) is 5.69 Å². The van der Waals surface area contributed by atoms with E-state index < -0.39 is 12.0 Å². The Labute approximate surface area is 138 Å². The third-order valence-corrected chi connectivity index (χ3v) is 3.78. The van der Waals surface area contributed by atoms with Crippen LogP contribution in [0.2, 0.25) is 0 Å². The van der Waals surface area contributed by atoms with Gasteiger partial charge in [0.1, 0.15) is 6.04 Å². The molecule has 0 aliphatic rings. The van der Waals surface area contributed by atoms with Crippen LogP contribution in [0.15, 0.2) is 18.2 Å². The fourth-order valence-corrected chi connectivity index (χ4v) is 2.52. The van der Waals surface area contributed by atoms with Crippen LogP contribution in [0.1, 0.15) is 50.7 Å². The topological polar surface area (TPSA) is 78.4 Å². The Morgan fingerprint density at radius 3 is 2.52 bits per heavy atom. The highest BCUT2D eigenvalue weighted by Gasteiger charge is 2.20. The van der Waals surface area contributed by atoms with Gasteiger partial charge in [-0.05, 0) is 38.8 Å². The van der Waals surface area contributed by atoms with Crippen molar-refractivity contribution in [3.8, 4) is 0 Å². The minimum absolute atomic E-state index is 0.114. The molecule has 2 atom stereocenters. The van der Waals surface area contributed by atoms with Gasteiger partial charge in [0.15, 0.2) is 0 Å². The van der Waals surface area contributed by atoms with Gasteiger partial charge in [0.05, 0.1) is 0 Å². The van der Waals surface area contributed by atoms with Gasteiger partial charge in [0, 0.05) is 18.2 Å². The molecule has 0 saturated carbocycles. The summed E-state index contributed by atoms with van der Waals surface area (Å²) in [6.45, 7) is 7.82. The van der Waals surface area contributed by atoms with E-state index in [0.29, 0.717) is 6.42 Å². The lowest BCUT2D eigenvalue weighted by molar-refractivity contribution is -0.140. The van der Waals surface area contributed by atoms with Crippen LogP contribution in [0.25, 0.3) is 0 Å². The molecule has 0 aliphatic heterocycles. The summed E-state index contributed by atoms with van der Waals surface area (Å²) in [7, 11) is 0. The van der Waals surface area contributed by atoms with E-state index in [1.165, 1.54) is 0 Å². The van der Waals surface area contributed by atoms with Crippen molar-refractivity contribution in [2.24, 2.45) is 0 Å². The first-order chi connectivity index (χ1) is 10.8. The van der Waals surface area contributed by atoms with Crippen molar-refractivity contribution >= 4 is 17.6 Å². The molecule has 0 fully saturated rings. The Balaban J connectivity index is 2.53. The molecule has 23 heavy (non-hydrogen) atoms. The number of aryl methyl sites for hydroxylation is 2. The van der Waals surface area contributed by atoms with Gasteiger partial charge in [-0.3, -0.25) is 9.59 Å². The molecule has 0 spiro atoms. The summed E-state index contributed by atoms with van der Waals surface area (Å²) >= 11 is 0. The molecule has 1 amide bonds. The van der Waals surface area contributed by atoms with E-state index in [9.17, 15) is 14.7 Å². The van der Waals surface area contributed by atoms with Gasteiger partial charge in [0.25, 0.3) is 0 Å². The second kappa shape index (κ2) is 9.30. The second-order valence-electron chi connectivity index (χ2n) is 6.17. The molecule has 0 aromatic heterocycles. The van der Waals surface area contributed by atoms with E-state index in [1.807, 2.05) is 45.9 Å². The fourth-order valence-electron chi connectivity index (χ4n) is 2.52. The van der Waals surface area contributed by atoms with Crippen LogP contribution in [0, 0.1) is 13.8 Å². The molecule has 0 saturated heterocycles. The predicted octanol–water partition coefficient (Wildman–Crippen LogP) is 3.25. The fraction of sp³-hybridized carbons (Fsp3) is 0.556. The van der Waals surface area contributed by atoms with E-state index in [2.05, 4.69) is 10.6 Å². The van der Waals surface area contributed by atoms with Crippen LogP contribution in [0.3, 0.4) is 0 Å². The largest absolute Gasteiger partial charge is 0.480 e. The maximum atomic E-state index is 12.1. The average molecular weight is 320 g/mol. The Bertz CT molecular complexity index is 543. The minimum atomic E-state index is -0.861. The summed E-state index contributed by atoms with van der Waals surface area (Å²) in [5, 5.41) is 15.1. The molecule has 3 N–H and O–H groups in total. The third-order valence-electron chi connectivity index (χ3n) is 3.78. The number of carboxylic acids is 1. The van der Waals surface area contributed by atoms with Gasteiger partial charge in [0.2, 0.25) is 5.91 Å². The summed E-state index contributed by atoms with van der Waals surface area (Å²) < 4.78 is 0. The van der Waals surface area contributed by atoms with Crippen molar-refractivity contribution in [1.82, 2.24) is 5.32 Å². The number of hydrogen-bond donors (Lipinski definition) is 3. The molecule has 0 radical (unpaired) electrons. The highest BCUT2D eigenvalue weighted by atomic mass is 16.4. The molecule has 2 unspecified atom stereocenters. The molecule has 0 heterocycles. The van der Waals surface area contributed by atoms with Gasteiger partial charge >= 0.3 is 5.97 Å². The molecule has 1 aromatic rings. The lowest BCUT2D eigenvalue weighted by atomic mass is 10.1. The molecule has 1 rings (SSSR count). The number of hydrogen-bond acceptors (Lipinski definition) is 3. The normalized spacial score (nSPS) is 13.4. The quantitative estimate of drug-likeness (QED) is 0.652. The molecule has 5 nitrogen and oxygen atoms in total. The zero-order valence-electron chi connectivity index (χ0n) is 14.5. The molecular formula is C18H28N2O3. The number of unbranched alkanes of at least 4 members (excludes halogenated alkanes) is 1. The smallest absolute Gasteiger partial charge is 0.320 e. The highest BCUT2D eigenvalue weighted by molar-refractivity contribution is 5.91. The van der Waals surface area contributed by atoms with Crippen molar-refractivity contribution in [3.63, 3.8) is 0 Å². The van der Waals surface area contributed by atoms with Crippen LogP contribution >= 0.6 is 0 Å². The van der Waals surface area contributed by atoms with Crippen LogP contribution in [0.5, 0.6) is 0 Å². The summed E-state index contributed by atoms with van der Waals surface area (Å²) in [6.07, 6.45) is 2.62. The van der Waals surface area contributed by atoms with Crippen molar-refractivity contribution < 1.29 is 14.7 Å². The van der Waals surface area contributed by atoms with Crippen molar-refractivity contribution in [2.45, 2.75) is 65.5 Å². The highest BCUT2D eigenvalue weighted by Crippen LogP contribution is 2.16. The zero-order valence-corrected chi connectivity index (χ0v) is 14.5. The molecule has 0 aliphatic carbocycles. The molecule has 1 aromatic carbocycles. The second-order valence-corrected chi connectivity index (χ2v) is 6.17. The number of nitrogens with one attached hydrogen (secondary N) is 2. The number of amides is 1. The standard InChI is InChI=1S/C18H28N2O3/c1-5-6-7-16(18(22)23)19-14(4)11-17(21)20-15-9-8-12(2)10-13(15)3/h8-10,14,16,19H,5-7,11H2,1-4H3,(H,20,21)(H,22,23). The molecule has 128 valence electrons. The number of carbonyl (C=O) groups is 2. The molecule has 0 bridgehead atoms. The molecular weight excluding hydrogens is 292 g/mol. The van der Waals surface area contributed by atoms with E-state index >= 15 is 0 Å². The van der Waals surface area contributed by atoms with E-state index in [4.69, 9.17) is 0 Å². The van der Waals surface area contributed by atoms with E-state index in [-0.39, 0.29) is 18.4 Å². The third kappa shape index (κ3) is 6.82.